The maximum Gasteiger partial charge on any atom is 0.277 e. The number of nitrogens with two attached hydrogens (primary N) is 1. The molecule has 0 saturated carbocycles. The first-order valence-corrected chi connectivity index (χ1v) is 5.42. The third kappa shape index (κ3) is 2.15. The predicted octanol–water partition coefficient (Wildman–Crippen LogP) is -1.53. The SMILES string of the molecule is C=C[C@H](O)C(O)[C@H]1CNc2nc(N)[nH]c(=O)c2N1. The summed E-state index contributed by atoms with van der Waals surface area (Å²) in [6.45, 7) is 3.70. The zero-order chi connectivity index (χ0) is 13.3. The summed E-state index contributed by atoms with van der Waals surface area (Å²) in [5.74, 6) is 0.339. The summed E-state index contributed by atoms with van der Waals surface area (Å²) in [4.78, 5) is 17.9. The summed E-state index contributed by atoms with van der Waals surface area (Å²) < 4.78 is 0. The molecule has 3 atom stereocenters. The Bertz CT molecular complexity index is 515. The molecule has 1 aliphatic rings. The average Bonchev–Trinajstić information content (AvgIpc) is 2.36. The minimum atomic E-state index is -1.08. The Morgan fingerprint density at radius 1 is 1.56 bits per heavy atom. The monoisotopic (exact) mass is 253 g/mol. The van der Waals surface area contributed by atoms with Crippen LogP contribution in [0.15, 0.2) is 17.4 Å². The Labute approximate surface area is 103 Å². The number of nitrogens with one attached hydrogen (secondary N) is 3. The van der Waals surface area contributed by atoms with E-state index in [-0.39, 0.29) is 11.6 Å². The lowest BCUT2D eigenvalue weighted by atomic mass is 10.0. The van der Waals surface area contributed by atoms with Gasteiger partial charge in [0.05, 0.1) is 12.1 Å². The van der Waals surface area contributed by atoms with Crippen LogP contribution in [0.2, 0.25) is 0 Å². The summed E-state index contributed by atoms with van der Waals surface area (Å²) in [5, 5.41) is 25.0. The number of aromatic amines is 1. The van der Waals surface area contributed by atoms with Crippen molar-refractivity contribution in [2.24, 2.45) is 0 Å². The predicted molar refractivity (Wildman–Crippen MR) is 67.4 cm³/mol. The molecule has 1 aromatic heterocycles. The minimum absolute atomic E-state index is 0.0122. The van der Waals surface area contributed by atoms with Gasteiger partial charge in [0, 0.05) is 6.54 Å². The number of aliphatic hydroxyl groups excluding tert-OH is 2. The molecule has 0 bridgehead atoms. The average molecular weight is 253 g/mol. The molecule has 1 unspecified atom stereocenters. The maximum absolute atomic E-state index is 11.6. The van der Waals surface area contributed by atoms with Crippen molar-refractivity contribution < 1.29 is 10.2 Å². The van der Waals surface area contributed by atoms with Crippen LogP contribution in [0, 0.1) is 0 Å². The molecule has 0 saturated heterocycles. The fourth-order valence-corrected chi connectivity index (χ4v) is 1.78. The standard InChI is InChI=1S/C10H15N5O3/c1-2-5(16)7(17)4-3-12-8-6(13-4)9(18)15-10(11)14-8/h2,4-5,7,13,16-17H,1,3H2,(H4,11,12,14,15,18)/t4-,5+,7?/m1/s1. The van der Waals surface area contributed by atoms with Gasteiger partial charge in [-0.2, -0.15) is 4.98 Å². The number of fused-ring (bicyclic) bond motifs is 1. The number of aliphatic hydroxyl groups is 2. The maximum atomic E-state index is 11.6. The number of nitrogen functional groups attached to an aromatic ring is 1. The molecule has 0 spiro atoms. The van der Waals surface area contributed by atoms with Crippen molar-refractivity contribution in [2.45, 2.75) is 18.2 Å². The number of hydrogen-bond acceptors (Lipinski definition) is 7. The van der Waals surface area contributed by atoms with Crippen LogP contribution in [0.25, 0.3) is 0 Å². The highest BCUT2D eigenvalue weighted by molar-refractivity contribution is 5.67. The van der Waals surface area contributed by atoms with E-state index in [1.807, 2.05) is 0 Å². The lowest BCUT2D eigenvalue weighted by Gasteiger charge is -2.31. The number of nitrogens with zero attached hydrogens (tertiary/aromatic N) is 1. The van der Waals surface area contributed by atoms with E-state index in [1.54, 1.807) is 0 Å². The number of anilines is 3. The first-order chi connectivity index (χ1) is 8.52. The summed E-state index contributed by atoms with van der Waals surface area (Å²) >= 11 is 0. The molecule has 0 radical (unpaired) electrons. The normalized spacial score (nSPS) is 21.1. The molecular formula is C10H15N5O3. The van der Waals surface area contributed by atoms with Crippen molar-refractivity contribution in [3.63, 3.8) is 0 Å². The first-order valence-electron chi connectivity index (χ1n) is 5.42. The highest BCUT2D eigenvalue weighted by Gasteiger charge is 2.29. The largest absolute Gasteiger partial charge is 0.388 e. The molecule has 2 rings (SSSR count). The molecule has 1 aliphatic heterocycles. The van der Waals surface area contributed by atoms with Crippen LogP contribution in [0.1, 0.15) is 0 Å². The number of hydrogen-bond donors (Lipinski definition) is 6. The third-order valence-electron chi connectivity index (χ3n) is 2.76. The molecule has 8 heteroatoms. The Balaban J connectivity index is 2.25. The van der Waals surface area contributed by atoms with E-state index in [0.717, 1.165) is 0 Å². The van der Waals surface area contributed by atoms with Crippen LogP contribution >= 0.6 is 0 Å². The first kappa shape index (κ1) is 12.4. The zero-order valence-corrected chi connectivity index (χ0v) is 9.55. The smallest absolute Gasteiger partial charge is 0.277 e. The molecule has 0 aromatic carbocycles. The van der Waals surface area contributed by atoms with Crippen molar-refractivity contribution >= 4 is 17.5 Å². The fourth-order valence-electron chi connectivity index (χ4n) is 1.78. The van der Waals surface area contributed by atoms with Gasteiger partial charge >= 0.3 is 0 Å². The van der Waals surface area contributed by atoms with E-state index < -0.39 is 23.8 Å². The van der Waals surface area contributed by atoms with Gasteiger partial charge in [-0.3, -0.25) is 9.78 Å². The van der Waals surface area contributed by atoms with Crippen molar-refractivity contribution in [1.29, 1.82) is 0 Å². The summed E-state index contributed by atoms with van der Waals surface area (Å²) in [7, 11) is 0. The Morgan fingerprint density at radius 3 is 2.94 bits per heavy atom. The molecule has 0 aliphatic carbocycles. The molecule has 8 nitrogen and oxygen atoms in total. The number of H-pyrrole nitrogens is 1. The van der Waals surface area contributed by atoms with Gasteiger partial charge in [0.1, 0.15) is 11.8 Å². The second-order valence-corrected chi connectivity index (χ2v) is 4.02. The van der Waals surface area contributed by atoms with Gasteiger partial charge in [0.25, 0.3) is 5.56 Å². The van der Waals surface area contributed by atoms with E-state index in [1.165, 1.54) is 6.08 Å². The second kappa shape index (κ2) is 4.67. The van der Waals surface area contributed by atoms with Crippen LogP contribution in [0.4, 0.5) is 17.5 Å². The Morgan fingerprint density at radius 2 is 2.28 bits per heavy atom. The highest BCUT2D eigenvalue weighted by atomic mass is 16.3. The number of rotatable bonds is 3. The van der Waals surface area contributed by atoms with Crippen LogP contribution < -0.4 is 21.9 Å². The summed E-state index contributed by atoms with van der Waals surface area (Å²) in [5.41, 5.74) is 5.17. The minimum Gasteiger partial charge on any atom is -0.388 e. The van der Waals surface area contributed by atoms with Crippen LogP contribution in [0.5, 0.6) is 0 Å². The van der Waals surface area contributed by atoms with Crippen molar-refractivity contribution in [2.75, 3.05) is 22.9 Å². The molecule has 7 N–H and O–H groups in total. The second-order valence-electron chi connectivity index (χ2n) is 4.02. The molecule has 2 heterocycles. The Kier molecular flexibility index (Phi) is 3.21. The molecule has 18 heavy (non-hydrogen) atoms. The zero-order valence-electron chi connectivity index (χ0n) is 9.55. The van der Waals surface area contributed by atoms with E-state index in [9.17, 15) is 15.0 Å². The molecule has 0 fully saturated rings. The summed E-state index contributed by atoms with van der Waals surface area (Å²) in [6.07, 6.45) is -0.931. The lowest BCUT2D eigenvalue weighted by molar-refractivity contribution is 0.0381. The number of aromatic nitrogens is 2. The van der Waals surface area contributed by atoms with Crippen molar-refractivity contribution in [3.8, 4) is 0 Å². The molecule has 0 amide bonds. The van der Waals surface area contributed by atoms with Gasteiger partial charge in [-0.1, -0.05) is 6.08 Å². The van der Waals surface area contributed by atoms with Gasteiger partial charge in [-0.25, -0.2) is 0 Å². The summed E-state index contributed by atoms with van der Waals surface area (Å²) in [6, 6.07) is -0.531. The van der Waals surface area contributed by atoms with Gasteiger partial charge in [-0.15, -0.1) is 6.58 Å². The van der Waals surface area contributed by atoms with Crippen molar-refractivity contribution in [1.82, 2.24) is 9.97 Å². The Hall–Kier alpha value is -2.06. The van der Waals surface area contributed by atoms with Gasteiger partial charge < -0.3 is 26.6 Å². The van der Waals surface area contributed by atoms with E-state index in [4.69, 9.17) is 5.73 Å². The third-order valence-corrected chi connectivity index (χ3v) is 2.76. The quantitative estimate of drug-likeness (QED) is 0.359. The fraction of sp³-hybridized carbons (Fsp3) is 0.400. The van der Waals surface area contributed by atoms with Gasteiger partial charge in [0.2, 0.25) is 5.95 Å². The molecule has 1 aromatic rings. The molecule has 98 valence electrons. The van der Waals surface area contributed by atoms with Crippen LogP contribution in [-0.4, -0.2) is 45.0 Å². The van der Waals surface area contributed by atoms with E-state index in [2.05, 4.69) is 27.2 Å². The highest BCUT2D eigenvalue weighted by Crippen LogP contribution is 2.21. The van der Waals surface area contributed by atoms with Crippen LogP contribution in [-0.2, 0) is 0 Å². The topological polar surface area (TPSA) is 136 Å². The van der Waals surface area contributed by atoms with E-state index in [0.29, 0.717) is 12.4 Å². The van der Waals surface area contributed by atoms with Gasteiger partial charge in [-0.05, 0) is 0 Å². The van der Waals surface area contributed by atoms with Crippen LogP contribution in [0.3, 0.4) is 0 Å². The van der Waals surface area contributed by atoms with Gasteiger partial charge in [0.15, 0.2) is 5.82 Å². The van der Waals surface area contributed by atoms with E-state index >= 15 is 0 Å². The van der Waals surface area contributed by atoms with Crippen molar-refractivity contribution in [3.05, 3.63) is 23.0 Å². The molecular weight excluding hydrogens is 238 g/mol. The lowest BCUT2D eigenvalue weighted by Crippen LogP contribution is -2.49.